The zero-order valence-electron chi connectivity index (χ0n) is 8.08. The van der Waals surface area contributed by atoms with E-state index in [2.05, 4.69) is 10.1 Å². The number of carbonyl (C=O) groups is 1. The highest BCUT2D eigenvalue weighted by atomic mass is 16.2. The Labute approximate surface area is 89.2 Å². The van der Waals surface area contributed by atoms with E-state index in [-0.39, 0.29) is 5.56 Å². The van der Waals surface area contributed by atoms with Crippen LogP contribution >= 0.6 is 0 Å². The molecule has 80 valence electrons. The summed E-state index contributed by atoms with van der Waals surface area (Å²) in [6.07, 6.45) is 2.86. The van der Waals surface area contributed by atoms with Gasteiger partial charge in [-0.1, -0.05) is 0 Å². The number of carbonyl (C=O) groups excluding carboxylic acids is 1. The Kier molecular flexibility index (Phi) is 2.47. The van der Waals surface area contributed by atoms with E-state index >= 15 is 0 Å². The van der Waals surface area contributed by atoms with Gasteiger partial charge in [0.2, 0.25) is 0 Å². The van der Waals surface area contributed by atoms with Crippen LogP contribution in [0, 0.1) is 0 Å². The van der Waals surface area contributed by atoms with E-state index in [0.717, 1.165) is 12.1 Å². The molecule has 0 unspecified atom stereocenters. The van der Waals surface area contributed by atoms with Gasteiger partial charge < -0.3 is 0 Å². The Morgan fingerprint density at radius 2 is 1.81 bits per heavy atom. The molecule has 0 radical (unpaired) electrons. The summed E-state index contributed by atoms with van der Waals surface area (Å²) in [5.74, 6) is -0.592. The first-order chi connectivity index (χ1) is 7.68. The van der Waals surface area contributed by atoms with Crippen molar-refractivity contribution in [1.82, 2.24) is 14.8 Å². The SMILES string of the molecule is O=C(c1ccncc1)n1[nH]c(=O)ccc1=O. The Balaban J connectivity index is 2.54. The highest BCUT2D eigenvalue weighted by molar-refractivity contribution is 5.94. The molecule has 0 fully saturated rings. The molecule has 16 heavy (non-hydrogen) atoms. The van der Waals surface area contributed by atoms with Gasteiger partial charge in [-0.25, -0.2) is 0 Å². The summed E-state index contributed by atoms with van der Waals surface area (Å²) in [7, 11) is 0. The molecule has 0 amide bonds. The zero-order chi connectivity index (χ0) is 11.5. The van der Waals surface area contributed by atoms with Crippen LogP contribution in [0.5, 0.6) is 0 Å². The van der Waals surface area contributed by atoms with Crippen molar-refractivity contribution in [3.63, 3.8) is 0 Å². The molecule has 6 heteroatoms. The third-order valence-corrected chi connectivity index (χ3v) is 1.95. The Hall–Kier alpha value is -2.50. The molecule has 0 bridgehead atoms. The molecule has 2 rings (SSSR count). The lowest BCUT2D eigenvalue weighted by atomic mass is 10.2. The fourth-order valence-electron chi connectivity index (χ4n) is 1.20. The number of pyridine rings is 1. The number of aromatic nitrogens is 3. The van der Waals surface area contributed by atoms with Crippen molar-refractivity contribution in [2.45, 2.75) is 0 Å². The maximum atomic E-state index is 11.8. The first-order valence-corrected chi connectivity index (χ1v) is 4.45. The smallest absolute Gasteiger partial charge is 0.268 e. The van der Waals surface area contributed by atoms with Crippen molar-refractivity contribution in [3.05, 3.63) is 62.9 Å². The molecule has 0 aliphatic heterocycles. The number of nitrogens with one attached hydrogen (secondary N) is 1. The fourth-order valence-corrected chi connectivity index (χ4v) is 1.20. The maximum Gasteiger partial charge on any atom is 0.279 e. The predicted octanol–water partition coefficient (Wildman–Crippen LogP) is -0.380. The van der Waals surface area contributed by atoms with E-state index in [1.807, 2.05) is 0 Å². The second kappa shape index (κ2) is 3.93. The van der Waals surface area contributed by atoms with Crippen LogP contribution in [-0.2, 0) is 0 Å². The van der Waals surface area contributed by atoms with E-state index in [0.29, 0.717) is 4.68 Å². The lowest BCUT2D eigenvalue weighted by Crippen LogP contribution is -2.33. The van der Waals surface area contributed by atoms with Gasteiger partial charge in [0.05, 0.1) is 0 Å². The van der Waals surface area contributed by atoms with Crippen molar-refractivity contribution in [2.75, 3.05) is 0 Å². The van der Waals surface area contributed by atoms with Gasteiger partial charge >= 0.3 is 0 Å². The van der Waals surface area contributed by atoms with Crippen LogP contribution < -0.4 is 11.1 Å². The predicted molar refractivity (Wildman–Crippen MR) is 55.3 cm³/mol. The summed E-state index contributed by atoms with van der Waals surface area (Å²) in [5.41, 5.74) is -0.817. The largest absolute Gasteiger partial charge is 0.279 e. The summed E-state index contributed by atoms with van der Waals surface area (Å²) >= 11 is 0. The van der Waals surface area contributed by atoms with Crippen molar-refractivity contribution < 1.29 is 4.79 Å². The van der Waals surface area contributed by atoms with Gasteiger partial charge in [0.15, 0.2) is 0 Å². The lowest BCUT2D eigenvalue weighted by Gasteiger charge is -2.02. The van der Waals surface area contributed by atoms with Gasteiger partial charge in [0, 0.05) is 30.1 Å². The molecule has 0 atom stereocenters. The Morgan fingerprint density at radius 3 is 2.50 bits per heavy atom. The van der Waals surface area contributed by atoms with Crippen LogP contribution in [0.15, 0.2) is 46.2 Å². The second-order valence-electron chi connectivity index (χ2n) is 3.02. The Bertz CT molecular complexity index is 628. The zero-order valence-corrected chi connectivity index (χ0v) is 8.08. The molecule has 6 nitrogen and oxygen atoms in total. The van der Waals surface area contributed by atoms with E-state index in [1.165, 1.54) is 24.5 Å². The van der Waals surface area contributed by atoms with E-state index < -0.39 is 17.0 Å². The number of H-pyrrole nitrogens is 1. The van der Waals surface area contributed by atoms with Crippen molar-refractivity contribution in [3.8, 4) is 0 Å². The van der Waals surface area contributed by atoms with Crippen LogP contribution in [0.25, 0.3) is 0 Å². The molecule has 2 heterocycles. The molecule has 0 aliphatic rings. The second-order valence-corrected chi connectivity index (χ2v) is 3.02. The van der Waals surface area contributed by atoms with Crippen molar-refractivity contribution >= 4 is 5.91 Å². The molecule has 0 saturated carbocycles. The average molecular weight is 217 g/mol. The average Bonchev–Trinajstić information content (AvgIpc) is 2.32. The van der Waals surface area contributed by atoms with Gasteiger partial charge in [-0.15, -0.1) is 0 Å². The standard InChI is InChI=1S/C10H7N3O3/c14-8-1-2-9(15)13(12-8)10(16)7-3-5-11-6-4-7/h1-6H,(H,12,14). The molecule has 2 aromatic heterocycles. The molecular formula is C10H7N3O3. The molecule has 2 aromatic rings. The Morgan fingerprint density at radius 1 is 1.12 bits per heavy atom. The van der Waals surface area contributed by atoms with Gasteiger partial charge in [0.25, 0.3) is 17.0 Å². The van der Waals surface area contributed by atoms with E-state index in [4.69, 9.17) is 0 Å². The van der Waals surface area contributed by atoms with Crippen molar-refractivity contribution in [1.29, 1.82) is 0 Å². The lowest BCUT2D eigenvalue weighted by molar-refractivity contribution is 0.0938. The summed E-state index contributed by atoms with van der Waals surface area (Å²) < 4.78 is 0.664. The topological polar surface area (TPSA) is 84.8 Å². The molecule has 0 saturated heterocycles. The third kappa shape index (κ3) is 1.81. The molecule has 1 N–H and O–H groups in total. The summed E-state index contributed by atoms with van der Waals surface area (Å²) in [6, 6.07) is 5.02. The van der Waals surface area contributed by atoms with Crippen LogP contribution in [0.2, 0.25) is 0 Å². The first-order valence-electron chi connectivity index (χ1n) is 4.45. The number of hydrogen-bond donors (Lipinski definition) is 1. The highest BCUT2D eigenvalue weighted by Gasteiger charge is 2.09. The quantitative estimate of drug-likeness (QED) is 0.705. The van der Waals surface area contributed by atoms with Crippen LogP contribution in [-0.4, -0.2) is 20.7 Å². The molecule has 0 spiro atoms. The normalized spacial score (nSPS) is 10.0. The number of rotatable bonds is 1. The first kappa shape index (κ1) is 10.0. The highest BCUT2D eigenvalue weighted by Crippen LogP contribution is 1.96. The summed E-state index contributed by atoms with van der Waals surface area (Å²) in [6.45, 7) is 0. The third-order valence-electron chi connectivity index (χ3n) is 1.95. The number of aromatic amines is 1. The number of nitrogens with zero attached hydrogens (tertiary/aromatic N) is 2. The van der Waals surface area contributed by atoms with Crippen LogP contribution in [0.1, 0.15) is 10.4 Å². The van der Waals surface area contributed by atoms with Crippen LogP contribution in [0.3, 0.4) is 0 Å². The fraction of sp³-hybridized carbons (Fsp3) is 0. The van der Waals surface area contributed by atoms with Gasteiger partial charge in [0.1, 0.15) is 0 Å². The van der Waals surface area contributed by atoms with E-state index in [9.17, 15) is 14.4 Å². The van der Waals surface area contributed by atoms with Crippen molar-refractivity contribution in [2.24, 2.45) is 0 Å². The molecule has 0 aliphatic carbocycles. The minimum atomic E-state index is -0.592. The minimum Gasteiger partial charge on any atom is -0.268 e. The summed E-state index contributed by atoms with van der Waals surface area (Å²) in [4.78, 5) is 37.9. The maximum absolute atomic E-state index is 11.8. The van der Waals surface area contributed by atoms with Gasteiger partial charge in [-0.3, -0.25) is 24.5 Å². The molecular weight excluding hydrogens is 210 g/mol. The van der Waals surface area contributed by atoms with Crippen LogP contribution in [0.4, 0.5) is 0 Å². The van der Waals surface area contributed by atoms with Gasteiger partial charge in [-0.05, 0) is 12.1 Å². The van der Waals surface area contributed by atoms with Gasteiger partial charge in [-0.2, -0.15) is 4.68 Å². The van der Waals surface area contributed by atoms with E-state index in [1.54, 1.807) is 0 Å². The number of hydrogen-bond acceptors (Lipinski definition) is 4. The minimum absolute atomic E-state index is 0.277. The molecule has 0 aromatic carbocycles. The summed E-state index contributed by atoms with van der Waals surface area (Å²) in [5, 5.41) is 2.15. The monoisotopic (exact) mass is 217 g/mol.